The van der Waals surface area contributed by atoms with Gasteiger partial charge in [-0.25, -0.2) is 5.43 Å². The summed E-state index contributed by atoms with van der Waals surface area (Å²) < 4.78 is 5.42. The summed E-state index contributed by atoms with van der Waals surface area (Å²) in [5, 5.41) is 8.16. The minimum Gasteiger partial charge on any atom is -0.484 e. The molecule has 2 amide bonds. The SMILES string of the molecule is Cc1c(Cl)cccc1NC(=O)c1ccc(OCC(=O)NN=Cc2ccc(Cl)cc2Cl)cc1. The lowest BCUT2D eigenvalue weighted by molar-refractivity contribution is -0.123. The van der Waals surface area contributed by atoms with Crippen LogP contribution in [0.5, 0.6) is 5.75 Å². The first-order chi connectivity index (χ1) is 15.3. The number of nitrogens with zero attached hydrogens (tertiary/aromatic N) is 1. The lowest BCUT2D eigenvalue weighted by Gasteiger charge is -2.10. The summed E-state index contributed by atoms with van der Waals surface area (Å²) in [6.07, 6.45) is 1.41. The molecule has 0 aliphatic carbocycles. The van der Waals surface area contributed by atoms with Crippen LogP contribution in [0.25, 0.3) is 0 Å². The van der Waals surface area contributed by atoms with Gasteiger partial charge in [-0.2, -0.15) is 5.10 Å². The van der Waals surface area contributed by atoms with Crippen LogP contribution in [-0.4, -0.2) is 24.6 Å². The summed E-state index contributed by atoms with van der Waals surface area (Å²) >= 11 is 17.9. The van der Waals surface area contributed by atoms with E-state index in [0.717, 1.165) is 5.56 Å². The first-order valence-electron chi connectivity index (χ1n) is 9.40. The van der Waals surface area contributed by atoms with Crippen LogP contribution >= 0.6 is 34.8 Å². The number of benzene rings is 3. The van der Waals surface area contributed by atoms with Crippen LogP contribution in [0, 0.1) is 6.92 Å². The lowest BCUT2D eigenvalue weighted by atomic mass is 10.1. The molecule has 0 unspecified atom stereocenters. The van der Waals surface area contributed by atoms with Crippen molar-refractivity contribution in [2.45, 2.75) is 6.92 Å². The smallest absolute Gasteiger partial charge is 0.277 e. The normalized spacial score (nSPS) is 10.8. The molecule has 6 nitrogen and oxygen atoms in total. The highest BCUT2D eigenvalue weighted by atomic mass is 35.5. The first kappa shape index (κ1) is 23.6. The van der Waals surface area contributed by atoms with Crippen LogP contribution in [0.3, 0.4) is 0 Å². The van der Waals surface area contributed by atoms with Gasteiger partial charge in [-0.3, -0.25) is 9.59 Å². The number of carbonyl (C=O) groups is 2. The van der Waals surface area contributed by atoms with E-state index in [1.807, 2.05) is 6.92 Å². The molecule has 0 saturated heterocycles. The predicted molar refractivity (Wildman–Crippen MR) is 128 cm³/mol. The van der Waals surface area contributed by atoms with Crippen LogP contribution in [-0.2, 0) is 4.79 Å². The molecule has 9 heteroatoms. The minimum absolute atomic E-state index is 0.251. The van der Waals surface area contributed by atoms with Gasteiger partial charge in [0.05, 0.1) is 11.2 Å². The minimum atomic E-state index is -0.454. The van der Waals surface area contributed by atoms with Gasteiger partial charge in [0.15, 0.2) is 6.61 Å². The van der Waals surface area contributed by atoms with Crippen LogP contribution in [0.2, 0.25) is 15.1 Å². The summed E-state index contributed by atoms with van der Waals surface area (Å²) in [4.78, 5) is 24.3. The van der Waals surface area contributed by atoms with Gasteiger partial charge in [0, 0.05) is 26.9 Å². The fourth-order valence-corrected chi connectivity index (χ4v) is 3.23. The molecular formula is C23H18Cl3N3O3. The van der Waals surface area contributed by atoms with Crippen LogP contribution in [0.4, 0.5) is 5.69 Å². The van der Waals surface area contributed by atoms with Crippen molar-refractivity contribution in [2.75, 3.05) is 11.9 Å². The summed E-state index contributed by atoms with van der Waals surface area (Å²) in [5.74, 6) is -0.306. The highest BCUT2D eigenvalue weighted by Gasteiger charge is 2.10. The molecule has 3 aromatic carbocycles. The van der Waals surface area contributed by atoms with Crippen molar-refractivity contribution in [1.82, 2.24) is 5.43 Å². The molecule has 164 valence electrons. The van der Waals surface area contributed by atoms with E-state index >= 15 is 0 Å². The van der Waals surface area contributed by atoms with Gasteiger partial charge in [-0.1, -0.05) is 46.9 Å². The Morgan fingerprint density at radius 3 is 2.47 bits per heavy atom. The lowest BCUT2D eigenvalue weighted by Crippen LogP contribution is -2.24. The zero-order chi connectivity index (χ0) is 23.1. The summed E-state index contributed by atoms with van der Waals surface area (Å²) in [7, 11) is 0. The van der Waals surface area contributed by atoms with E-state index in [0.29, 0.717) is 37.6 Å². The fraction of sp³-hybridized carbons (Fsp3) is 0.0870. The van der Waals surface area contributed by atoms with Crippen molar-refractivity contribution in [1.29, 1.82) is 0 Å². The number of ether oxygens (including phenoxy) is 1. The zero-order valence-electron chi connectivity index (χ0n) is 16.9. The van der Waals surface area contributed by atoms with E-state index in [2.05, 4.69) is 15.8 Å². The Bertz CT molecular complexity index is 1160. The van der Waals surface area contributed by atoms with Gasteiger partial charge in [0.25, 0.3) is 11.8 Å². The molecule has 3 rings (SSSR count). The third-order valence-corrected chi connectivity index (χ3v) is 5.33. The van der Waals surface area contributed by atoms with Crippen LogP contribution in [0.1, 0.15) is 21.5 Å². The molecule has 0 aliphatic heterocycles. The molecule has 0 aromatic heterocycles. The first-order valence-corrected chi connectivity index (χ1v) is 10.5. The second-order valence-corrected chi connectivity index (χ2v) is 7.89. The summed E-state index contributed by atoms with van der Waals surface area (Å²) in [6.45, 7) is 1.58. The number of halogens is 3. The molecule has 0 spiro atoms. The van der Waals surface area contributed by atoms with E-state index in [1.165, 1.54) is 6.21 Å². The Morgan fingerprint density at radius 2 is 1.75 bits per heavy atom. The van der Waals surface area contributed by atoms with E-state index < -0.39 is 5.91 Å². The van der Waals surface area contributed by atoms with Crippen molar-refractivity contribution in [3.63, 3.8) is 0 Å². The Balaban J connectivity index is 1.49. The Hall–Kier alpha value is -3.06. The van der Waals surface area contributed by atoms with Crippen LogP contribution in [0.15, 0.2) is 65.8 Å². The largest absolute Gasteiger partial charge is 0.484 e. The Labute approximate surface area is 200 Å². The number of anilines is 1. The third kappa shape index (κ3) is 6.47. The highest BCUT2D eigenvalue weighted by molar-refractivity contribution is 6.36. The van der Waals surface area contributed by atoms with Crippen molar-refractivity contribution in [3.8, 4) is 5.75 Å². The van der Waals surface area contributed by atoms with Gasteiger partial charge >= 0.3 is 0 Å². The van der Waals surface area contributed by atoms with Gasteiger partial charge in [-0.05, 0) is 61.0 Å². The van der Waals surface area contributed by atoms with Gasteiger partial charge in [-0.15, -0.1) is 0 Å². The van der Waals surface area contributed by atoms with Crippen molar-refractivity contribution < 1.29 is 14.3 Å². The van der Waals surface area contributed by atoms with Crippen molar-refractivity contribution in [3.05, 3.63) is 92.4 Å². The van der Waals surface area contributed by atoms with Gasteiger partial charge < -0.3 is 10.1 Å². The monoisotopic (exact) mass is 489 g/mol. The zero-order valence-corrected chi connectivity index (χ0v) is 19.1. The molecule has 0 aliphatic rings. The molecular weight excluding hydrogens is 473 g/mol. The quantitative estimate of drug-likeness (QED) is 0.327. The maximum absolute atomic E-state index is 12.4. The van der Waals surface area contributed by atoms with Crippen LogP contribution < -0.4 is 15.5 Å². The number of hydrogen-bond acceptors (Lipinski definition) is 4. The molecule has 0 atom stereocenters. The average Bonchev–Trinajstić information content (AvgIpc) is 2.77. The number of hydrazone groups is 1. The van der Waals surface area contributed by atoms with Gasteiger partial charge in [0.1, 0.15) is 5.75 Å². The predicted octanol–water partition coefficient (Wildman–Crippen LogP) is 5.74. The molecule has 32 heavy (non-hydrogen) atoms. The van der Waals surface area contributed by atoms with E-state index in [-0.39, 0.29) is 12.5 Å². The Morgan fingerprint density at radius 1 is 1.00 bits per heavy atom. The molecule has 0 radical (unpaired) electrons. The second-order valence-electron chi connectivity index (χ2n) is 6.64. The van der Waals surface area contributed by atoms with E-state index in [1.54, 1.807) is 60.7 Å². The number of nitrogens with one attached hydrogen (secondary N) is 2. The molecule has 0 bridgehead atoms. The average molecular weight is 491 g/mol. The second kappa shape index (κ2) is 11.0. The summed E-state index contributed by atoms with van der Waals surface area (Å²) in [6, 6.07) is 16.6. The number of rotatable bonds is 7. The number of carbonyl (C=O) groups excluding carboxylic acids is 2. The maximum atomic E-state index is 12.4. The maximum Gasteiger partial charge on any atom is 0.277 e. The number of amides is 2. The van der Waals surface area contributed by atoms with Crippen molar-refractivity contribution >= 4 is 58.5 Å². The van der Waals surface area contributed by atoms with Gasteiger partial charge in [0.2, 0.25) is 0 Å². The van der Waals surface area contributed by atoms with Crippen molar-refractivity contribution in [2.24, 2.45) is 5.10 Å². The van der Waals surface area contributed by atoms with E-state index in [4.69, 9.17) is 39.5 Å². The highest BCUT2D eigenvalue weighted by Crippen LogP contribution is 2.24. The molecule has 0 saturated carbocycles. The molecule has 0 fully saturated rings. The summed E-state index contributed by atoms with van der Waals surface area (Å²) in [5.41, 5.74) is 4.82. The molecule has 0 heterocycles. The standard InChI is InChI=1S/C23H18Cl3N3O3/c1-14-19(25)3-2-4-21(14)28-23(31)15-6-9-18(10-7-15)32-13-22(30)29-27-12-16-5-8-17(24)11-20(16)26/h2-12H,13H2,1H3,(H,28,31)(H,29,30). The van der Waals surface area contributed by atoms with E-state index in [9.17, 15) is 9.59 Å². The molecule has 3 aromatic rings. The fourth-order valence-electron chi connectivity index (χ4n) is 2.60. The number of hydrogen-bond donors (Lipinski definition) is 2. The third-order valence-electron chi connectivity index (χ3n) is 4.36. The molecule has 2 N–H and O–H groups in total. The topological polar surface area (TPSA) is 79.8 Å². The Kier molecular flexibility index (Phi) is 8.11.